The van der Waals surface area contributed by atoms with Gasteiger partial charge in [-0.15, -0.1) is 0 Å². The zero-order valence-electron chi connectivity index (χ0n) is 19.9. The molecule has 0 fully saturated rings. The molecule has 2 atom stereocenters. The van der Waals surface area contributed by atoms with Gasteiger partial charge in [0.15, 0.2) is 0 Å². The minimum Gasteiger partial charge on any atom is -0.508 e. The maximum absolute atomic E-state index is 14.4. The van der Waals surface area contributed by atoms with Gasteiger partial charge in [0.2, 0.25) is 0 Å². The summed E-state index contributed by atoms with van der Waals surface area (Å²) in [7, 11) is 0. The first-order chi connectivity index (χ1) is 18.4. The third-order valence-electron chi connectivity index (χ3n) is 7.11. The number of nitrogens with zero attached hydrogens (tertiary/aromatic N) is 1. The number of hydrogen-bond donors (Lipinski definition) is 4. The van der Waals surface area contributed by atoms with Crippen molar-refractivity contribution in [2.75, 3.05) is 0 Å². The molecule has 2 unspecified atom stereocenters. The second-order valence-electron chi connectivity index (χ2n) is 9.24. The Hall–Kier alpha value is -4.68. The molecule has 0 aromatic heterocycles. The number of aromatic hydroxyl groups is 4. The molecule has 0 radical (unpaired) electrons. The molecule has 6 nitrogen and oxygen atoms in total. The summed E-state index contributed by atoms with van der Waals surface area (Å²) in [4.78, 5) is 15.9. The van der Waals surface area contributed by atoms with E-state index in [9.17, 15) is 25.2 Å². The Morgan fingerprint density at radius 3 is 1.55 bits per heavy atom. The average Bonchev–Trinajstić information content (AvgIpc) is 2.92. The highest BCUT2D eigenvalue weighted by atomic mass is 35.5. The molecule has 1 aliphatic rings. The van der Waals surface area contributed by atoms with Crippen LogP contribution in [-0.4, -0.2) is 31.2 Å². The predicted octanol–water partition coefficient (Wildman–Crippen LogP) is 6.65. The van der Waals surface area contributed by atoms with Crippen molar-refractivity contribution in [3.63, 3.8) is 0 Å². The summed E-state index contributed by atoms with van der Waals surface area (Å²) in [5.41, 5.74) is 1.80. The highest BCUT2D eigenvalue weighted by molar-refractivity contribution is 6.30. The van der Waals surface area contributed by atoms with Crippen LogP contribution >= 0.6 is 11.6 Å². The fourth-order valence-electron chi connectivity index (χ4n) is 5.46. The van der Waals surface area contributed by atoms with Crippen molar-refractivity contribution >= 4 is 28.3 Å². The van der Waals surface area contributed by atoms with Crippen molar-refractivity contribution in [2.24, 2.45) is 0 Å². The van der Waals surface area contributed by atoms with Crippen molar-refractivity contribution in [1.82, 2.24) is 4.90 Å². The van der Waals surface area contributed by atoms with Crippen molar-refractivity contribution < 1.29 is 25.2 Å². The quantitative estimate of drug-likeness (QED) is 0.212. The normalized spacial score (nSPS) is 16.5. The summed E-state index contributed by atoms with van der Waals surface area (Å²) in [5.74, 6) is -0.775. The molecule has 1 amide bonds. The van der Waals surface area contributed by atoms with Crippen molar-refractivity contribution in [1.29, 1.82) is 0 Å². The maximum atomic E-state index is 14.4. The van der Waals surface area contributed by atoms with Crippen LogP contribution in [0.1, 0.15) is 44.7 Å². The summed E-state index contributed by atoms with van der Waals surface area (Å²) in [6.45, 7) is 0. The molecule has 5 aromatic carbocycles. The van der Waals surface area contributed by atoms with Gasteiger partial charge in [0.1, 0.15) is 23.0 Å². The number of carbonyl (C=O) groups is 1. The van der Waals surface area contributed by atoms with Gasteiger partial charge in [-0.1, -0.05) is 60.1 Å². The van der Waals surface area contributed by atoms with Gasteiger partial charge < -0.3 is 25.3 Å². The number of phenolic OH excluding ortho intramolecular Hbond substituents is 4. The Morgan fingerprint density at radius 2 is 1.08 bits per heavy atom. The number of halogens is 1. The van der Waals surface area contributed by atoms with Crippen LogP contribution in [0.5, 0.6) is 23.0 Å². The fourth-order valence-corrected chi connectivity index (χ4v) is 5.58. The molecule has 0 spiro atoms. The van der Waals surface area contributed by atoms with Gasteiger partial charge in [0, 0.05) is 38.2 Å². The lowest BCUT2D eigenvalue weighted by Crippen LogP contribution is -2.42. The topological polar surface area (TPSA) is 101 Å². The predicted molar refractivity (Wildman–Crippen MR) is 145 cm³/mol. The van der Waals surface area contributed by atoms with Crippen LogP contribution in [-0.2, 0) is 0 Å². The zero-order valence-corrected chi connectivity index (χ0v) is 20.7. The van der Waals surface area contributed by atoms with Crippen LogP contribution < -0.4 is 0 Å². The number of para-hydroxylation sites is 2. The van der Waals surface area contributed by atoms with E-state index in [1.165, 1.54) is 29.2 Å². The van der Waals surface area contributed by atoms with Crippen LogP contribution in [0, 0.1) is 0 Å². The molecule has 0 saturated heterocycles. The lowest BCUT2D eigenvalue weighted by molar-refractivity contribution is 0.0630. The summed E-state index contributed by atoms with van der Waals surface area (Å²) < 4.78 is 0. The smallest absolute Gasteiger partial charge is 0.255 e. The molecular formula is C31H22ClNO5. The van der Waals surface area contributed by atoms with Crippen molar-refractivity contribution in [3.8, 4) is 23.0 Å². The largest absolute Gasteiger partial charge is 0.508 e. The molecule has 188 valence electrons. The Balaban J connectivity index is 1.77. The highest BCUT2D eigenvalue weighted by Gasteiger charge is 2.45. The summed E-state index contributed by atoms with van der Waals surface area (Å²) >= 11 is 6.10. The van der Waals surface area contributed by atoms with Crippen molar-refractivity contribution in [2.45, 2.75) is 12.1 Å². The maximum Gasteiger partial charge on any atom is 0.255 e. The van der Waals surface area contributed by atoms with E-state index in [1.807, 2.05) is 0 Å². The van der Waals surface area contributed by atoms with Crippen LogP contribution in [0.15, 0.2) is 97.1 Å². The summed E-state index contributed by atoms with van der Waals surface area (Å²) in [6, 6.07) is 24.2. The van der Waals surface area contributed by atoms with Crippen LogP contribution in [0.4, 0.5) is 0 Å². The van der Waals surface area contributed by atoms with E-state index >= 15 is 0 Å². The average molecular weight is 524 g/mol. The molecule has 1 heterocycles. The van der Waals surface area contributed by atoms with Gasteiger partial charge in [0.25, 0.3) is 5.91 Å². The molecule has 6 rings (SSSR count). The Bertz CT molecular complexity index is 1620. The van der Waals surface area contributed by atoms with Crippen LogP contribution in [0.25, 0.3) is 10.8 Å². The van der Waals surface area contributed by atoms with E-state index in [4.69, 9.17) is 11.6 Å². The van der Waals surface area contributed by atoms with Gasteiger partial charge in [-0.2, -0.15) is 0 Å². The molecule has 38 heavy (non-hydrogen) atoms. The number of rotatable bonds is 3. The Morgan fingerprint density at radius 1 is 0.605 bits per heavy atom. The minimum absolute atomic E-state index is 0.0672. The van der Waals surface area contributed by atoms with E-state index in [0.717, 1.165) is 5.39 Å². The van der Waals surface area contributed by atoms with Gasteiger partial charge in [-0.05, 0) is 53.9 Å². The molecule has 0 aliphatic carbocycles. The molecule has 1 aliphatic heterocycles. The molecule has 7 heteroatoms. The second kappa shape index (κ2) is 9.01. The van der Waals surface area contributed by atoms with E-state index in [0.29, 0.717) is 38.2 Å². The Labute approximate surface area is 223 Å². The number of phenols is 4. The van der Waals surface area contributed by atoms with E-state index in [2.05, 4.69) is 0 Å². The summed E-state index contributed by atoms with van der Waals surface area (Å²) in [6.07, 6.45) is 0. The first kappa shape index (κ1) is 23.7. The number of hydrogen-bond acceptors (Lipinski definition) is 5. The summed E-state index contributed by atoms with van der Waals surface area (Å²) in [5, 5.41) is 46.2. The lowest BCUT2D eigenvalue weighted by Gasteiger charge is -2.44. The highest BCUT2D eigenvalue weighted by Crippen LogP contribution is 2.55. The molecule has 4 N–H and O–H groups in total. The minimum atomic E-state index is -0.970. The molecule has 0 bridgehead atoms. The zero-order chi connectivity index (χ0) is 26.6. The molecule has 0 saturated carbocycles. The van der Waals surface area contributed by atoms with Crippen LogP contribution in [0.3, 0.4) is 0 Å². The standard InChI is InChI=1S/C31H22ClNO5/c32-19-13-9-18(10-14-19)31(38)33-29(20-5-1-3-7-22(20)34)27-24(36)15-11-17-12-16-25(37)28(26(17)27)30(33)21-6-2-4-8-23(21)35/h1-16,29-30,34-37H. The molecule has 5 aromatic rings. The third kappa shape index (κ3) is 3.61. The Kier molecular flexibility index (Phi) is 5.62. The van der Waals surface area contributed by atoms with E-state index in [-0.39, 0.29) is 23.0 Å². The second-order valence-corrected chi connectivity index (χ2v) is 9.67. The number of benzene rings is 5. The van der Waals surface area contributed by atoms with E-state index in [1.54, 1.807) is 72.8 Å². The molecular weight excluding hydrogens is 502 g/mol. The van der Waals surface area contributed by atoms with Gasteiger partial charge in [-0.25, -0.2) is 0 Å². The number of carbonyl (C=O) groups excluding carboxylic acids is 1. The number of amides is 1. The van der Waals surface area contributed by atoms with Gasteiger partial charge >= 0.3 is 0 Å². The fraction of sp³-hybridized carbons (Fsp3) is 0.0645. The third-order valence-corrected chi connectivity index (χ3v) is 7.36. The first-order valence-electron chi connectivity index (χ1n) is 12.0. The first-order valence-corrected chi connectivity index (χ1v) is 12.4. The van der Waals surface area contributed by atoms with Gasteiger partial charge in [0.05, 0.1) is 12.1 Å². The van der Waals surface area contributed by atoms with Crippen molar-refractivity contribution in [3.05, 3.63) is 130 Å². The van der Waals surface area contributed by atoms with E-state index < -0.39 is 18.0 Å². The monoisotopic (exact) mass is 523 g/mol. The van der Waals surface area contributed by atoms with Crippen LogP contribution in [0.2, 0.25) is 5.02 Å². The lowest BCUT2D eigenvalue weighted by atomic mass is 9.79. The SMILES string of the molecule is O=C(c1ccc(Cl)cc1)N1C(c2ccccc2O)c2c(O)ccc3ccc(O)c(c23)C1c1ccccc1O. The van der Waals surface area contributed by atoms with Gasteiger partial charge in [-0.3, -0.25) is 4.79 Å².